The van der Waals surface area contributed by atoms with Gasteiger partial charge in [0.25, 0.3) is 5.91 Å². The van der Waals surface area contributed by atoms with Crippen molar-refractivity contribution in [1.29, 1.82) is 0 Å². The third-order valence-electron chi connectivity index (χ3n) is 4.31. The molecule has 0 atom stereocenters. The predicted octanol–water partition coefficient (Wildman–Crippen LogP) is 4.89. The summed E-state index contributed by atoms with van der Waals surface area (Å²) in [5.41, 5.74) is 2.32. The second kappa shape index (κ2) is 9.89. The average Bonchev–Trinajstić information content (AvgIpc) is 2.98. The first-order valence-corrected chi connectivity index (χ1v) is 10.7. The highest BCUT2D eigenvalue weighted by Crippen LogP contribution is 2.35. The minimum Gasteiger partial charge on any atom is -0.490 e. The molecule has 2 aromatic rings. The molecule has 1 aliphatic heterocycles. The van der Waals surface area contributed by atoms with E-state index in [4.69, 9.17) is 21.7 Å². The second-order valence-corrected chi connectivity index (χ2v) is 7.71. The van der Waals surface area contributed by atoms with Crippen LogP contribution in [0.4, 0.5) is 0 Å². The minimum atomic E-state index is -0.119. The normalized spacial score (nSPS) is 15.0. The molecule has 0 aliphatic carbocycles. The monoisotopic (exact) mass is 474 g/mol. The average molecular weight is 475 g/mol. The number of nitrogens with zero attached hydrogens (tertiary/aromatic N) is 1. The van der Waals surface area contributed by atoms with Crippen LogP contribution in [0.25, 0.3) is 6.08 Å². The molecule has 1 fully saturated rings. The van der Waals surface area contributed by atoms with Gasteiger partial charge in [0.05, 0.1) is 6.61 Å². The lowest BCUT2D eigenvalue weighted by atomic mass is 10.1. The first-order valence-electron chi connectivity index (χ1n) is 9.51. The molecule has 0 saturated carbocycles. The second-order valence-electron chi connectivity index (χ2n) is 6.47. The van der Waals surface area contributed by atoms with Gasteiger partial charge in [0.15, 0.2) is 16.6 Å². The van der Waals surface area contributed by atoms with Crippen LogP contribution in [0.1, 0.15) is 31.4 Å². The quantitative estimate of drug-likeness (QED) is 0.435. The number of thiocarbonyl (C=S) groups is 1. The van der Waals surface area contributed by atoms with Crippen molar-refractivity contribution in [3.8, 4) is 11.5 Å². The Labute approximate surface area is 184 Å². The molecule has 29 heavy (non-hydrogen) atoms. The van der Waals surface area contributed by atoms with E-state index in [-0.39, 0.29) is 5.91 Å². The van der Waals surface area contributed by atoms with E-state index in [0.29, 0.717) is 42.1 Å². The van der Waals surface area contributed by atoms with Crippen LogP contribution < -0.4 is 14.8 Å². The smallest absolute Gasteiger partial charge is 0.276 e. The van der Waals surface area contributed by atoms with Gasteiger partial charge >= 0.3 is 0 Å². The summed E-state index contributed by atoms with van der Waals surface area (Å²) in [5, 5.41) is 3.44. The molecule has 1 heterocycles. The molecule has 2 aromatic carbocycles. The molecule has 1 N–H and O–H groups in total. The molecule has 152 valence electrons. The summed E-state index contributed by atoms with van der Waals surface area (Å²) in [6.07, 6.45) is 2.62. The van der Waals surface area contributed by atoms with Crippen LogP contribution in [0, 0.1) is 0 Å². The van der Waals surface area contributed by atoms with Crippen molar-refractivity contribution in [1.82, 2.24) is 10.2 Å². The maximum Gasteiger partial charge on any atom is 0.276 e. The Kier molecular flexibility index (Phi) is 7.28. The molecular weight excluding hydrogens is 452 g/mol. The molecule has 7 heteroatoms. The van der Waals surface area contributed by atoms with Crippen LogP contribution in [0.3, 0.4) is 0 Å². The minimum absolute atomic E-state index is 0.119. The first-order chi connectivity index (χ1) is 14.0. The standard InChI is InChI=1S/C22H23BrN2O3S/c1-3-10-25-21(26)18(24-22(25)29)11-16-12-19(27-4-2)20(13-17(16)23)28-14-15-8-6-5-7-9-15/h5-9,11-13H,3-4,10,14H2,1-2H3,(H,24,29)/b18-11-. The number of amides is 1. The number of carbonyl (C=O) groups is 1. The fraction of sp³-hybridized carbons (Fsp3) is 0.273. The number of hydrogen-bond acceptors (Lipinski definition) is 4. The third kappa shape index (κ3) is 5.16. The highest BCUT2D eigenvalue weighted by molar-refractivity contribution is 9.10. The maximum absolute atomic E-state index is 12.6. The summed E-state index contributed by atoms with van der Waals surface area (Å²) >= 11 is 8.86. The summed E-state index contributed by atoms with van der Waals surface area (Å²) in [7, 11) is 0. The van der Waals surface area contributed by atoms with Crippen LogP contribution in [-0.2, 0) is 11.4 Å². The third-order valence-corrected chi connectivity index (χ3v) is 5.32. The summed E-state index contributed by atoms with van der Waals surface area (Å²) in [6.45, 7) is 5.47. The molecule has 0 radical (unpaired) electrons. The maximum atomic E-state index is 12.6. The number of halogens is 1. The van der Waals surface area contributed by atoms with Gasteiger partial charge in [-0.05, 0) is 54.9 Å². The zero-order valence-electron chi connectivity index (χ0n) is 16.4. The Morgan fingerprint density at radius 1 is 1.14 bits per heavy atom. The molecule has 0 spiro atoms. The van der Waals surface area contributed by atoms with Gasteiger partial charge in [-0.25, -0.2) is 0 Å². The molecule has 3 rings (SSSR count). The van der Waals surface area contributed by atoms with E-state index in [2.05, 4.69) is 21.2 Å². The summed E-state index contributed by atoms with van der Waals surface area (Å²) in [6, 6.07) is 13.7. The highest BCUT2D eigenvalue weighted by atomic mass is 79.9. The number of benzene rings is 2. The zero-order valence-corrected chi connectivity index (χ0v) is 18.8. The van der Waals surface area contributed by atoms with E-state index in [0.717, 1.165) is 22.0 Å². The van der Waals surface area contributed by atoms with Gasteiger partial charge in [-0.1, -0.05) is 53.2 Å². The Morgan fingerprint density at radius 3 is 2.55 bits per heavy atom. The van der Waals surface area contributed by atoms with Crippen molar-refractivity contribution in [3.05, 3.63) is 63.8 Å². The van der Waals surface area contributed by atoms with Crippen LogP contribution in [-0.4, -0.2) is 29.1 Å². The summed E-state index contributed by atoms with van der Waals surface area (Å²) in [4.78, 5) is 14.2. The van der Waals surface area contributed by atoms with Crippen molar-refractivity contribution in [3.63, 3.8) is 0 Å². The number of rotatable bonds is 8. The van der Waals surface area contributed by atoms with E-state index in [1.165, 1.54) is 0 Å². The van der Waals surface area contributed by atoms with Crippen LogP contribution >= 0.6 is 28.1 Å². The van der Waals surface area contributed by atoms with Gasteiger partial charge < -0.3 is 14.8 Å². The highest BCUT2D eigenvalue weighted by Gasteiger charge is 2.30. The fourth-order valence-electron chi connectivity index (χ4n) is 2.93. The number of hydrogen-bond donors (Lipinski definition) is 1. The van der Waals surface area contributed by atoms with Gasteiger partial charge in [-0.2, -0.15) is 0 Å². The van der Waals surface area contributed by atoms with Gasteiger partial charge in [0.1, 0.15) is 12.3 Å². The Bertz CT molecular complexity index is 931. The molecule has 0 bridgehead atoms. The zero-order chi connectivity index (χ0) is 20.8. The predicted molar refractivity (Wildman–Crippen MR) is 122 cm³/mol. The van der Waals surface area contributed by atoms with E-state index in [9.17, 15) is 4.79 Å². The van der Waals surface area contributed by atoms with Crippen molar-refractivity contribution < 1.29 is 14.3 Å². The van der Waals surface area contributed by atoms with Gasteiger partial charge in [-0.15, -0.1) is 0 Å². The molecule has 5 nitrogen and oxygen atoms in total. The van der Waals surface area contributed by atoms with Crippen molar-refractivity contribution in [2.45, 2.75) is 26.9 Å². The van der Waals surface area contributed by atoms with Gasteiger partial charge in [-0.3, -0.25) is 9.69 Å². The van der Waals surface area contributed by atoms with Crippen molar-refractivity contribution in [2.24, 2.45) is 0 Å². The molecule has 1 aliphatic rings. The van der Waals surface area contributed by atoms with Crippen molar-refractivity contribution in [2.75, 3.05) is 13.2 Å². The number of carbonyl (C=O) groups excluding carboxylic acids is 1. The van der Waals surface area contributed by atoms with Crippen LogP contribution in [0.15, 0.2) is 52.6 Å². The van der Waals surface area contributed by atoms with E-state index < -0.39 is 0 Å². The first kappa shape index (κ1) is 21.3. The van der Waals surface area contributed by atoms with Gasteiger partial charge in [0.2, 0.25) is 0 Å². The van der Waals surface area contributed by atoms with Gasteiger partial charge in [0, 0.05) is 11.0 Å². The fourth-order valence-corrected chi connectivity index (χ4v) is 3.65. The van der Waals surface area contributed by atoms with E-state index >= 15 is 0 Å². The lowest BCUT2D eigenvalue weighted by molar-refractivity contribution is -0.122. The largest absolute Gasteiger partial charge is 0.490 e. The molecular formula is C22H23BrN2O3S. The van der Waals surface area contributed by atoms with Crippen LogP contribution in [0.5, 0.6) is 11.5 Å². The summed E-state index contributed by atoms with van der Waals surface area (Å²) < 4.78 is 12.6. The SMILES string of the molecule is CCCN1C(=O)/C(=C/c2cc(OCC)c(OCc3ccccc3)cc2Br)NC1=S. The Morgan fingerprint density at radius 2 is 1.86 bits per heavy atom. The Hall–Kier alpha value is -2.38. The number of ether oxygens (including phenoxy) is 2. The summed E-state index contributed by atoms with van der Waals surface area (Å²) in [5.74, 6) is 1.14. The lowest BCUT2D eigenvalue weighted by Gasteiger charge is -2.14. The molecule has 0 unspecified atom stereocenters. The molecule has 1 amide bonds. The Balaban J connectivity index is 1.86. The van der Waals surface area contributed by atoms with E-state index in [1.807, 2.05) is 56.3 Å². The van der Waals surface area contributed by atoms with Crippen molar-refractivity contribution >= 4 is 45.2 Å². The molecule has 0 aromatic heterocycles. The lowest BCUT2D eigenvalue weighted by Crippen LogP contribution is -2.31. The van der Waals surface area contributed by atoms with Crippen LogP contribution in [0.2, 0.25) is 0 Å². The number of nitrogens with one attached hydrogen (secondary N) is 1. The van der Waals surface area contributed by atoms with E-state index in [1.54, 1.807) is 11.0 Å². The topological polar surface area (TPSA) is 50.8 Å². The molecule has 1 saturated heterocycles.